The molecule has 0 saturated heterocycles. The molecule has 0 radical (unpaired) electrons. The molecule has 1 aliphatic heterocycles. The highest BCUT2D eigenvalue weighted by molar-refractivity contribution is 6.33. The van der Waals surface area contributed by atoms with Crippen molar-refractivity contribution < 1.29 is 0 Å². The number of nitriles is 1. The molecule has 0 spiro atoms. The van der Waals surface area contributed by atoms with E-state index in [1.54, 1.807) is 6.07 Å². The van der Waals surface area contributed by atoms with E-state index in [-0.39, 0.29) is 17.4 Å². The molecule has 86 valence electrons. The summed E-state index contributed by atoms with van der Waals surface area (Å²) in [7, 11) is 0. The summed E-state index contributed by atoms with van der Waals surface area (Å²) in [4.78, 5) is 12.2. The molecule has 0 fully saturated rings. The van der Waals surface area contributed by atoms with E-state index in [9.17, 15) is 0 Å². The third-order valence-electron chi connectivity index (χ3n) is 2.35. The van der Waals surface area contributed by atoms with Gasteiger partial charge in [0.2, 0.25) is 5.28 Å². The van der Waals surface area contributed by atoms with Crippen LogP contribution in [0.25, 0.3) is 0 Å². The van der Waals surface area contributed by atoms with Crippen LogP contribution >= 0.6 is 23.2 Å². The van der Waals surface area contributed by atoms with Crippen LogP contribution in [0.4, 0.5) is 0 Å². The fraction of sp³-hybridized carbons (Fsp3) is 0.300. The molecule has 5 nitrogen and oxygen atoms in total. The van der Waals surface area contributed by atoms with Crippen molar-refractivity contribution >= 4 is 34.6 Å². The third kappa shape index (κ3) is 2.43. The van der Waals surface area contributed by atoms with E-state index in [1.165, 1.54) is 0 Å². The summed E-state index contributed by atoms with van der Waals surface area (Å²) in [5.74, 6) is 0. The zero-order chi connectivity index (χ0) is 12.4. The van der Waals surface area contributed by atoms with Gasteiger partial charge in [-0.2, -0.15) is 5.26 Å². The molecule has 0 unspecified atom stereocenters. The Balaban J connectivity index is 2.44. The number of halogens is 2. The third-order valence-corrected chi connectivity index (χ3v) is 2.83. The van der Waals surface area contributed by atoms with Crippen molar-refractivity contribution in [1.29, 1.82) is 10.7 Å². The Morgan fingerprint density at radius 1 is 1.41 bits per heavy atom. The van der Waals surface area contributed by atoms with E-state index in [2.05, 4.69) is 15.0 Å². The highest BCUT2D eigenvalue weighted by atomic mass is 35.5. The van der Waals surface area contributed by atoms with Crippen LogP contribution in [0, 0.1) is 16.7 Å². The Morgan fingerprint density at radius 2 is 2.18 bits per heavy atom. The maximum atomic E-state index is 8.61. The molecule has 2 rings (SSSR count). The first-order valence-electron chi connectivity index (χ1n) is 4.85. The summed E-state index contributed by atoms with van der Waals surface area (Å²) in [6.07, 6.45) is 0.794. The molecule has 7 heteroatoms. The lowest BCUT2D eigenvalue weighted by atomic mass is 10.0. The van der Waals surface area contributed by atoms with Crippen molar-refractivity contribution in [2.45, 2.75) is 12.8 Å². The lowest BCUT2D eigenvalue weighted by molar-refractivity contribution is 0.902. The number of rotatable bonds is 2. The van der Waals surface area contributed by atoms with Crippen molar-refractivity contribution in [3.63, 3.8) is 0 Å². The Labute approximate surface area is 108 Å². The summed E-state index contributed by atoms with van der Waals surface area (Å²) in [6.45, 7) is 0.561. The van der Waals surface area contributed by atoms with E-state index in [4.69, 9.17) is 33.9 Å². The zero-order valence-corrected chi connectivity index (χ0v) is 10.2. The molecule has 0 amide bonds. The summed E-state index contributed by atoms with van der Waals surface area (Å²) >= 11 is 11.7. The van der Waals surface area contributed by atoms with E-state index < -0.39 is 0 Å². The standard InChI is InChI=1S/C10H7Cl2N5/c11-9-6-1-2-15-7(3-5(14)4-13)8(6)16-10(12)17-9/h14H,1-3H2. The first-order chi connectivity index (χ1) is 8.11. The van der Waals surface area contributed by atoms with Gasteiger partial charge in [0.15, 0.2) is 0 Å². The predicted molar refractivity (Wildman–Crippen MR) is 65.1 cm³/mol. The van der Waals surface area contributed by atoms with Crippen LogP contribution in [0.3, 0.4) is 0 Å². The van der Waals surface area contributed by atoms with Crippen molar-refractivity contribution in [2.24, 2.45) is 4.99 Å². The number of aromatic nitrogens is 2. The van der Waals surface area contributed by atoms with Crippen molar-refractivity contribution in [3.8, 4) is 6.07 Å². The van der Waals surface area contributed by atoms with Gasteiger partial charge in [-0.15, -0.1) is 0 Å². The maximum Gasteiger partial charge on any atom is 0.224 e. The minimum atomic E-state index is -0.0672. The summed E-state index contributed by atoms with van der Waals surface area (Å²) in [5.41, 5.74) is 1.85. The number of nitrogens with zero attached hydrogens (tertiary/aromatic N) is 4. The molecule has 0 aliphatic carbocycles. The van der Waals surface area contributed by atoms with Crippen molar-refractivity contribution in [1.82, 2.24) is 9.97 Å². The van der Waals surface area contributed by atoms with Gasteiger partial charge in [0.1, 0.15) is 16.9 Å². The molecular weight excluding hydrogens is 261 g/mol. The maximum absolute atomic E-state index is 8.61. The molecule has 0 aromatic carbocycles. The average molecular weight is 268 g/mol. The van der Waals surface area contributed by atoms with E-state index in [0.717, 1.165) is 5.56 Å². The fourth-order valence-electron chi connectivity index (χ4n) is 1.62. The Hall–Kier alpha value is -1.51. The van der Waals surface area contributed by atoms with E-state index in [0.29, 0.717) is 29.5 Å². The van der Waals surface area contributed by atoms with Crippen molar-refractivity contribution in [3.05, 3.63) is 21.7 Å². The Morgan fingerprint density at radius 3 is 2.88 bits per heavy atom. The monoisotopic (exact) mass is 267 g/mol. The number of fused-ring (bicyclic) bond motifs is 1. The lowest BCUT2D eigenvalue weighted by Crippen LogP contribution is -2.19. The summed E-state index contributed by atoms with van der Waals surface area (Å²) in [5, 5.41) is 16.3. The molecule has 1 aliphatic rings. The largest absolute Gasteiger partial charge is 0.294 e. The molecular formula is C10H7Cl2N5. The minimum Gasteiger partial charge on any atom is -0.294 e. The highest BCUT2D eigenvalue weighted by Gasteiger charge is 2.21. The fourth-order valence-corrected chi connectivity index (χ4v) is 2.09. The van der Waals surface area contributed by atoms with Gasteiger partial charge in [-0.1, -0.05) is 11.6 Å². The summed E-state index contributed by atoms with van der Waals surface area (Å²) in [6, 6.07) is 1.77. The number of aliphatic imine (C=N–C) groups is 1. The van der Waals surface area contributed by atoms with Crippen LogP contribution in [0.5, 0.6) is 0 Å². The topological polar surface area (TPSA) is 85.8 Å². The first kappa shape index (κ1) is 12.0. The van der Waals surface area contributed by atoms with Gasteiger partial charge >= 0.3 is 0 Å². The normalized spacial score (nSPS) is 13.6. The van der Waals surface area contributed by atoms with E-state index in [1.807, 2.05) is 0 Å². The lowest BCUT2D eigenvalue weighted by Gasteiger charge is -2.15. The molecule has 1 aromatic rings. The first-order valence-corrected chi connectivity index (χ1v) is 5.60. The number of nitrogens with one attached hydrogen (secondary N) is 1. The SMILES string of the molecule is N#CC(=N)CC1=NCCc2c(Cl)nc(Cl)nc21. The van der Waals surface area contributed by atoms with Gasteiger partial charge in [0.25, 0.3) is 0 Å². The molecule has 1 aromatic heterocycles. The van der Waals surface area contributed by atoms with Crippen LogP contribution in [0.1, 0.15) is 17.7 Å². The van der Waals surface area contributed by atoms with Gasteiger partial charge in [0, 0.05) is 18.5 Å². The summed E-state index contributed by atoms with van der Waals surface area (Å²) < 4.78 is 0. The molecule has 0 saturated carbocycles. The Bertz CT molecular complexity index is 559. The number of hydrogen-bond donors (Lipinski definition) is 1. The van der Waals surface area contributed by atoms with Crippen LogP contribution in [-0.4, -0.2) is 27.9 Å². The second-order valence-corrected chi connectivity index (χ2v) is 4.15. The van der Waals surface area contributed by atoms with Gasteiger partial charge in [-0.3, -0.25) is 10.4 Å². The Kier molecular flexibility index (Phi) is 3.36. The van der Waals surface area contributed by atoms with Gasteiger partial charge in [-0.05, 0) is 18.0 Å². The smallest absolute Gasteiger partial charge is 0.224 e. The molecule has 0 atom stereocenters. The zero-order valence-electron chi connectivity index (χ0n) is 8.67. The minimum absolute atomic E-state index is 0.0480. The van der Waals surface area contributed by atoms with Crippen LogP contribution < -0.4 is 0 Å². The molecule has 1 N–H and O–H groups in total. The van der Waals surface area contributed by atoms with Crippen LogP contribution in [0.2, 0.25) is 10.4 Å². The van der Waals surface area contributed by atoms with Crippen molar-refractivity contribution in [2.75, 3.05) is 6.54 Å². The molecule has 2 heterocycles. The van der Waals surface area contributed by atoms with Crippen LogP contribution in [-0.2, 0) is 6.42 Å². The van der Waals surface area contributed by atoms with Crippen LogP contribution in [0.15, 0.2) is 4.99 Å². The molecule has 0 bridgehead atoms. The van der Waals surface area contributed by atoms with Gasteiger partial charge in [-0.25, -0.2) is 9.97 Å². The second kappa shape index (κ2) is 4.78. The predicted octanol–water partition coefficient (Wildman–Crippen LogP) is 2.06. The van der Waals surface area contributed by atoms with Gasteiger partial charge in [0.05, 0.1) is 11.4 Å². The molecule has 17 heavy (non-hydrogen) atoms. The quantitative estimate of drug-likeness (QED) is 0.506. The highest BCUT2D eigenvalue weighted by Crippen LogP contribution is 2.24. The van der Waals surface area contributed by atoms with E-state index >= 15 is 0 Å². The second-order valence-electron chi connectivity index (χ2n) is 3.46. The number of hydrogen-bond acceptors (Lipinski definition) is 5. The average Bonchev–Trinajstić information content (AvgIpc) is 2.30. The van der Waals surface area contributed by atoms with Gasteiger partial charge < -0.3 is 0 Å².